The number of carboxylic acid groups (broad SMARTS) is 1. The van der Waals surface area contributed by atoms with Crippen LogP contribution in [-0.2, 0) is 0 Å². The van der Waals surface area contributed by atoms with Crippen molar-refractivity contribution >= 4 is 11.7 Å². The van der Waals surface area contributed by atoms with E-state index in [1.165, 1.54) is 6.07 Å². The number of piperidine rings is 1. The van der Waals surface area contributed by atoms with E-state index in [9.17, 15) is 13.6 Å². The number of hydrogen-bond acceptors (Lipinski definition) is 2. The van der Waals surface area contributed by atoms with Crippen LogP contribution in [0.1, 0.15) is 37.6 Å². The van der Waals surface area contributed by atoms with Crippen LogP contribution in [0.5, 0.6) is 0 Å². The zero-order valence-corrected chi connectivity index (χ0v) is 11.9. The first-order valence-corrected chi connectivity index (χ1v) is 6.80. The van der Waals surface area contributed by atoms with Crippen molar-refractivity contribution in [3.05, 3.63) is 29.3 Å². The molecule has 0 aromatic heterocycles. The van der Waals surface area contributed by atoms with Gasteiger partial charge in [-0.1, -0.05) is 13.8 Å². The van der Waals surface area contributed by atoms with Gasteiger partial charge in [-0.05, 0) is 37.3 Å². The molecule has 1 aliphatic rings. The molecule has 3 unspecified atom stereocenters. The predicted octanol–water partition coefficient (Wildman–Crippen LogP) is 3.53. The van der Waals surface area contributed by atoms with Gasteiger partial charge in [-0.3, -0.25) is 0 Å². The van der Waals surface area contributed by atoms with E-state index in [1.807, 2.05) is 11.8 Å². The summed E-state index contributed by atoms with van der Waals surface area (Å²) >= 11 is 0. The average molecular weight is 283 g/mol. The van der Waals surface area contributed by atoms with Gasteiger partial charge in [-0.2, -0.15) is 0 Å². The number of aromatic carboxylic acids is 1. The monoisotopic (exact) mass is 283 g/mol. The summed E-state index contributed by atoms with van der Waals surface area (Å²) in [6.07, 6.45) is 1.05. The third-order valence-corrected chi connectivity index (χ3v) is 4.20. The zero-order valence-electron chi connectivity index (χ0n) is 11.9. The second-order valence-corrected chi connectivity index (χ2v) is 5.78. The molecule has 3 atom stereocenters. The van der Waals surface area contributed by atoms with Crippen molar-refractivity contribution < 1.29 is 18.7 Å². The fourth-order valence-corrected chi connectivity index (χ4v) is 2.96. The molecule has 20 heavy (non-hydrogen) atoms. The molecule has 5 heteroatoms. The molecule has 1 N–H and O–H groups in total. The minimum Gasteiger partial charge on any atom is -0.478 e. The number of hydrogen-bond donors (Lipinski definition) is 1. The van der Waals surface area contributed by atoms with E-state index in [1.54, 1.807) is 0 Å². The Bertz CT molecular complexity index is 533. The van der Waals surface area contributed by atoms with Crippen molar-refractivity contribution in [1.29, 1.82) is 0 Å². The molecule has 1 saturated heterocycles. The first-order chi connectivity index (χ1) is 9.32. The highest BCUT2D eigenvalue weighted by Crippen LogP contribution is 2.34. The van der Waals surface area contributed by atoms with Gasteiger partial charge in [0.1, 0.15) is 0 Å². The standard InChI is InChI=1S/C15H19F2NO2/c1-8-6-9(2)10(3)18(7-8)12-5-4-11(15(19)20)13(16)14(12)17/h4-5,8-10H,6-7H2,1-3H3,(H,19,20). The number of halogens is 2. The highest BCUT2D eigenvalue weighted by molar-refractivity contribution is 5.88. The molecule has 1 fully saturated rings. The molecular formula is C15H19F2NO2. The predicted molar refractivity (Wildman–Crippen MR) is 73.1 cm³/mol. The second-order valence-electron chi connectivity index (χ2n) is 5.78. The molecule has 1 aliphatic heterocycles. The normalized spacial score (nSPS) is 26.6. The van der Waals surface area contributed by atoms with E-state index in [0.29, 0.717) is 18.4 Å². The summed E-state index contributed by atoms with van der Waals surface area (Å²) in [5, 5.41) is 8.81. The van der Waals surface area contributed by atoms with E-state index in [0.717, 1.165) is 12.5 Å². The Labute approximate surface area is 117 Å². The van der Waals surface area contributed by atoms with Crippen LogP contribution < -0.4 is 4.90 Å². The summed E-state index contributed by atoms with van der Waals surface area (Å²) in [5.74, 6) is -3.05. The number of carbonyl (C=O) groups is 1. The highest BCUT2D eigenvalue weighted by atomic mass is 19.2. The van der Waals surface area contributed by atoms with Gasteiger partial charge in [0.05, 0.1) is 11.3 Å². The van der Waals surface area contributed by atoms with Gasteiger partial charge in [0.25, 0.3) is 0 Å². The molecule has 0 radical (unpaired) electrons. The summed E-state index contributed by atoms with van der Waals surface area (Å²) in [7, 11) is 0. The van der Waals surface area contributed by atoms with Crippen LogP contribution in [0, 0.1) is 23.5 Å². The summed E-state index contributed by atoms with van der Waals surface area (Å²) in [6, 6.07) is 2.59. The molecule has 3 nitrogen and oxygen atoms in total. The third kappa shape index (κ3) is 2.49. The Morgan fingerprint density at radius 3 is 2.50 bits per heavy atom. The largest absolute Gasteiger partial charge is 0.478 e. The zero-order chi connectivity index (χ0) is 15.0. The van der Waals surface area contributed by atoms with Crippen LogP contribution in [0.2, 0.25) is 0 Å². The van der Waals surface area contributed by atoms with Crippen LogP contribution in [0.4, 0.5) is 14.5 Å². The van der Waals surface area contributed by atoms with E-state index < -0.39 is 23.2 Å². The van der Waals surface area contributed by atoms with Crippen molar-refractivity contribution in [1.82, 2.24) is 0 Å². The maximum absolute atomic E-state index is 14.2. The van der Waals surface area contributed by atoms with E-state index in [2.05, 4.69) is 13.8 Å². The quantitative estimate of drug-likeness (QED) is 0.902. The van der Waals surface area contributed by atoms with Gasteiger partial charge in [0, 0.05) is 12.6 Å². The average Bonchev–Trinajstić information content (AvgIpc) is 2.37. The topological polar surface area (TPSA) is 40.5 Å². The molecule has 0 spiro atoms. The summed E-state index contributed by atoms with van der Waals surface area (Å²) in [5.41, 5.74) is -0.476. The van der Waals surface area contributed by atoms with Crippen LogP contribution in [0.15, 0.2) is 12.1 Å². The van der Waals surface area contributed by atoms with Gasteiger partial charge in [-0.25, -0.2) is 13.6 Å². The first kappa shape index (κ1) is 14.8. The van der Waals surface area contributed by atoms with Crippen molar-refractivity contribution in [2.45, 2.75) is 33.2 Å². The van der Waals surface area contributed by atoms with Gasteiger partial charge in [0.2, 0.25) is 0 Å². The molecule has 110 valence electrons. The molecule has 1 heterocycles. The maximum atomic E-state index is 14.2. The number of nitrogens with zero attached hydrogens (tertiary/aromatic N) is 1. The highest BCUT2D eigenvalue weighted by Gasteiger charge is 2.31. The van der Waals surface area contributed by atoms with Crippen molar-refractivity contribution in [3.8, 4) is 0 Å². The Balaban J connectivity index is 2.42. The first-order valence-electron chi connectivity index (χ1n) is 6.80. The molecule has 0 bridgehead atoms. The molecule has 1 aromatic carbocycles. The van der Waals surface area contributed by atoms with Crippen LogP contribution in [0.25, 0.3) is 0 Å². The molecular weight excluding hydrogens is 264 g/mol. The van der Waals surface area contributed by atoms with Crippen molar-refractivity contribution in [2.24, 2.45) is 11.8 Å². The maximum Gasteiger partial charge on any atom is 0.338 e. The number of carboxylic acids is 1. The lowest BCUT2D eigenvalue weighted by molar-refractivity contribution is 0.0690. The Hall–Kier alpha value is -1.65. The fourth-order valence-electron chi connectivity index (χ4n) is 2.96. The second kappa shape index (κ2) is 5.38. The minimum atomic E-state index is -1.46. The Morgan fingerprint density at radius 2 is 1.90 bits per heavy atom. The SMILES string of the molecule is CC1CC(C)C(C)N(c2ccc(C(=O)O)c(F)c2F)C1. The van der Waals surface area contributed by atoms with Crippen molar-refractivity contribution in [3.63, 3.8) is 0 Å². The Morgan fingerprint density at radius 1 is 1.25 bits per heavy atom. The summed E-state index contributed by atoms with van der Waals surface area (Å²) in [4.78, 5) is 12.6. The van der Waals surface area contributed by atoms with Gasteiger partial charge in [-0.15, -0.1) is 0 Å². The van der Waals surface area contributed by atoms with Crippen LogP contribution >= 0.6 is 0 Å². The summed E-state index contributed by atoms with van der Waals surface area (Å²) in [6.45, 7) is 6.80. The number of rotatable bonds is 2. The lowest BCUT2D eigenvalue weighted by atomic mass is 9.85. The Kier molecular flexibility index (Phi) is 3.97. The summed E-state index contributed by atoms with van der Waals surface area (Å²) < 4.78 is 28.0. The van der Waals surface area contributed by atoms with Crippen molar-refractivity contribution in [2.75, 3.05) is 11.4 Å². The smallest absolute Gasteiger partial charge is 0.338 e. The molecule has 2 rings (SSSR count). The fraction of sp³-hybridized carbons (Fsp3) is 0.533. The van der Waals surface area contributed by atoms with Crippen LogP contribution in [0.3, 0.4) is 0 Å². The minimum absolute atomic E-state index is 0.0933. The number of benzene rings is 1. The lowest BCUT2D eigenvalue weighted by Gasteiger charge is -2.42. The molecule has 0 amide bonds. The van der Waals surface area contributed by atoms with Gasteiger partial charge in [0.15, 0.2) is 11.6 Å². The van der Waals surface area contributed by atoms with Gasteiger partial charge < -0.3 is 10.0 Å². The van der Waals surface area contributed by atoms with E-state index in [4.69, 9.17) is 5.11 Å². The molecule has 0 saturated carbocycles. The van der Waals surface area contributed by atoms with E-state index in [-0.39, 0.29) is 11.7 Å². The molecule has 0 aliphatic carbocycles. The lowest BCUT2D eigenvalue weighted by Crippen LogP contribution is -2.46. The van der Waals surface area contributed by atoms with Gasteiger partial charge >= 0.3 is 5.97 Å². The van der Waals surface area contributed by atoms with Crippen LogP contribution in [-0.4, -0.2) is 23.7 Å². The third-order valence-electron chi connectivity index (χ3n) is 4.20. The number of anilines is 1. The molecule has 1 aromatic rings. The van der Waals surface area contributed by atoms with E-state index >= 15 is 0 Å².